The highest BCUT2D eigenvalue weighted by Gasteiger charge is 2.30. The lowest BCUT2D eigenvalue weighted by molar-refractivity contribution is 0.122. The molecule has 0 amide bonds. The van der Waals surface area contributed by atoms with Crippen molar-refractivity contribution in [1.29, 1.82) is 0 Å². The van der Waals surface area contributed by atoms with Gasteiger partial charge in [-0.25, -0.2) is 22.8 Å². The van der Waals surface area contributed by atoms with Gasteiger partial charge in [-0.2, -0.15) is 4.31 Å². The van der Waals surface area contributed by atoms with Crippen LogP contribution in [0.4, 0.5) is 10.3 Å². The Morgan fingerprint density at radius 1 is 1.16 bits per heavy atom. The molecule has 1 atom stereocenters. The van der Waals surface area contributed by atoms with E-state index in [1.54, 1.807) is 13.2 Å². The lowest BCUT2D eigenvalue weighted by Crippen LogP contribution is -2.38. The number of benzene rings is 1. The number of nitrogens with zero attached hydrogens (tertiary/aromatic N) is 5. The maximum atomic E-state index is 13.6. The summed E-state index contributed by atoms with van der Waals surface area (Å²) in [5, 5.41) is 0. The van der Waals surface area contributed by atoms with Gasteiger partial charge in [-0.15, -0.1) is 0 Å². The third-order valence-corrected chi connectivity index (χ3v) is 8.06. The minimum Gasteiger partial charge on any atom is -0.378 e. The summed E-state index contributed by atoms with van der Waals surface area (Å²) < 4.78 is 46.3. The van der Waals surface area contributed by atoms with Crippen LogP contribution in [0.15, 0.2) is 41.4 Å². The average molecular weight is 464 g/mol. The van der Waals surface area contributed by atoms with Gasteiger partial charge in [0.1, 0.15) is 5.82 Å². The van der Waals surface area contributed by atoms with Crippen LogP contribution < -0.4 is 4.90 Å². The van der Waals surface area contributed by atoms with Gasteiger partial charge in [-0.3, -0.25) is 4.90 Å². The lowest BCUT2D eigenvalue weighted by Gasteiger charge is -2.27. The fourth-order valence-electron chi connectivity index (χ4n) is 4.27. The van der Waals surface area contributed by atoms with Crippen molar-refractivity contribution >= 4 is 16.0 Å². The first-order chi connectivity index (χ1) is 15.4. The first-order valence-electron chi connectivity index (χ1n) is 11.0. The van der Waals surface area contributed by atoms with E-state index >= 15 is 0 Å². The Bertz CT molecular complexity index is 1020. The van der Waals surface area contributed by atoms with Crippen molar-refractivity contribution < 1.29 is 17.5 Å². The average Bonchev–Trinajstić information content (AvgIpc) is 3.05. The Labute approximate surface area is 189 Å². The number of hydrogen-bond acceptors (Lipinski definition) is 7. The van der Waals surface area contributed by atoms with Gasteiger partial charge < -0.3 is 9.64 Å². The molecule has 8 nitrogen and oxygen atoms in total. The molecule has 0 spiro atoms. The van der Waals surface area contributed by atoms with Crippen molar-refractivity contribution in [3.8, 4) is 0 Å². The minimum absolute atomic E-state index is 0.00210. The van der Waals surface area contributed by atoms with Crippen molar-refractivity contribution in [2.24, 2.45) is 0 Å². The Morgan fingerprint density at radius 3 is 2.75 bits per heavy atom. The van der Waals surface area contributed by atoms with Crippen LogP contribution in [0.2, 0.25) is 0 Å². The molecule has 0 saturated carbocycles. The molecule has 10 heteroatoms. The molecule has 2 aromatic rings. The molecule has 32 heavy (non-hydrogen) atoms. The van der Waals surface area contributed by atoms with Crippen LogP contribution in [0.1, 0.15) is 25.0 Å². The highest BCUT2D eigenvalue weighted by molar-refractivity contribution is 7.89. The van der Waals surface area contributed by atoms with Gasteiger partial charge >= 0.3 is 0 Å². The molecule has 2 saturated heterocycles. The summed E-state index contributed by atoms with van der Waals surface area (Å²) in [6.45, 7) is 5.31. The molecular weight excluding hydrogens is 433 g/mol. The van der Waals surface area contributed by atoms with E-state index in [-0.39, 0.29) is 10.9 Å². The number of morpholine rings is 1. The van der Waals surface area contributed by atoms with Gasteiger partial charge in [0.15, 0.2) is 0 Å². The third-order valence-electron chi connectivity index (χ3n) is 6.16. The number of rotatable bonds is 6. The largest absolute Gasteiger partial charge is 0.378 e. The van der Waals surface area contributed by atoms with E-state index in [0.717, 1.165) is 56.7 Å². The van der Waals surface area contributed by atoms with E-state index in [2.05, 4.69) is 14.8 Å². The lowest BCUT2D eigenvalue weighted by atomic mass is 10.1. The van der Waals surface area contributed by atoms with Crippen molar-refractivity contribution in [3.63, 3.8) is 0 Å². The van der Waals surface area contributed by atoms with E-state index in [1.165, 1.54) is 22.5 Å². The van der Waals surface area contributed by atoms with Gasteiger partial charge in [0.25, 0.3) is 0 Å². The minimum atomic E-state index is -3.73. The number of aromatic nitrogens is 2. The quantitative estimate of drug-likeness (QED) is 0.649. The van der Waals surface area contributed by atoms with Crippen molar-refractivity contribution in [2.45, 2.75) is 36.7 Å². The first-order valence-corrected chi connectivity index (χ1v) is 12.5. The second-order valence-electron chi connectivity index (χ2n) is 8.29. The SMILES string of the molecule is CN(C1CCCN(Cc2ccnc(N3CCOCC3)n2)CC1)S(=O)(=O)c1cccc(F)c1. The maximum Gasteiger partial charge on any atom is 0.243 e. The number of likely N-dealkylation sites (tertiary alicyclic amines) is 1. The highest BCUT2D eigenvalue weighted by Crippen LogP contribution is 2.24. The van der Waals surface area contributed by atoms with Gasteiger partial charge in [-0.1, -0.05) is 6.07 Å². The summed E-state index contributed by atoms with van der Waals surface area (Å²) in [4.78, 5) is 13.6. The van der Waals surface area contributed by atoms with Crippen LogP contribution in [0.25, 0.3) is 0 Å². The molecule has 2 fully saturated rings. The highest BCUT2D eigenvalue weighted by atomic mass is 32.2. The Kier molecular flexibility index (Phi) is 7.34. The predicted molar refractivity (Wildman–Crippen MR) is 119 cm³/mol. The van der Waals surface area contributed by atoms with Crippen molar-refractivity contribution in [2.75, 3.05) is 51.3 Å². The van der Waals surface area contributed by atoms with Crippen LogP contribution in [0.5, 0.6) is 0 Å². The number of sulfonamides is 1. The summed E-state index contributed by atoms with van der Waals surface area (Å²) in [6.07, 6.45) is 4.17. The summed E-state index contributed by atoms with van der Waals surface area (Å²) >= 11 is 0. The standard InChI is InChI=1S/C22H30FN5O3S/c1-26(32(29,30)21-6-2-4-18(23)16-21)20-5-3-10-27(11-8-20)17-19-7-9-24-22(25-19)28-12-14-31-15-13-28/h2,4,6-7,9,16,20H,3,5,8,10-15,17H2,1H3. The van der Waals surface area contributed by atoms with Gasteiger partial charge in [-0.05, 0) is 50.1 Å². The summed E-state index contributed by atoms with van der Waals surface area (Å²) in [7, 11) is -2.14. The molecule has 0 bridgehead atoms. The number of hydrogen-bond donors (Lipinski definition) is 0. The third kappa shape index (κ3) is 5.43. The Balaban J connectivity index is 1.38. The summed E-state index contributed by atoms with van der Waals surface area (Å²) in [5.41, 5.74) is 0.959. The Hall–Kier alpha value is -2.14. The van der Waals surface area contributed by atoms with E-state index in [0.29, 0.717) is 26.2 Å². The first kappa shape index (κ1) is 23.0. The molecule has 0 N–H and O–H groups in total. The van der Waals surface area contributed by atoms with Gasteiger partial charge in [0, 0.05) is 45.5 Å². The van der Waals surface area contributed by atoms with Crippen LogP contribution >= 0.6 is 0 Å². The van der Waals surface area contributed by atoms with Crippen molar-refractivity contribution in [3.05, 3.63) is 48.0 Å². The zero-order chi connectivity index (χ0) is 22.6. The number of ether oxygens (including phenoxy) is 1. The van der Waals surface area contributed by atoms with Gasteiger partial charge in [0.05, 0.1) is 23.8 Å². The molecule has 1 aromatic carbocycles. The molecule has 174 valence electrons. The van der Waals surface area contributed by atoms with E-state index < -0.39 is 15.8 Å². The van der Waals surface area contributed by atoms with Crippen molar-refractivity contribution in [1.82, 2.24) is 19.2 Å². The predicted octanol–water partition coefficient (Wildman–Crippen LogP) is 2.13. The van der Waals surface area contributed by atoms with Gasteiger partial charge in [0.2, 0.25) is 16.0 Å². The normalized spacial score (nSPS) is 21.0. The fraction of sp³-hybridized carbons (Fsp3) is 0.545. The van der Waals surface area contributed by atoms with E-state index in [9.17, 15) is 12.8 Å². The van der Waals surface area contributed by atoms with Crippen LogP contribution in [-0.2, 0) is 21.3 Å². The van der Waals surface area contributed by atoms with Crippen LogP contribution in [0, 0.1) is 5.82 Å². The molecule has 1 aromatic heterocycles. The van der Waals surface area contributed by atoms with E-state index in [4.69, 9.17) is 9.72 Å². The molecule has 1 unspecified atom stereocenters. The maximum absolute atomic E-state index is 13.6. The van der Waals surface area contributed by atoms with Crippen LogP contribution in [0.3, 0.4) is 0 Å². The Morgan fingerprint density at radius 2 is 1.97 bits per heavy atom. The smallest absolute Gasteiger partial charge is 0.243 e. The number of halogens is 1. The topological polar surface area (TPSA) is 78.9 Å². The molecule has 4 rings (SSSR count). The molecule has 0 aliphatic carbocycles. The summed E-state index contributed by atoms with van der Waals surface area (Å²) in [5.74, 6) is 0.187. The summed E-state index contributed by atoms with van der Waals surface area (Å²) in [6, 6.07) is 7.02. The second-order valence-corrected chi connectivity index (χ2v) is 10.3. The molecular formula is C22H30FN5O3S. The molecule has 2 aliphatic heterocycles. The zero-order valence-electron chi connectivity index (χ0n) is 18.4. The molecule has 0 radical (unpaired) electrons. The fourth-order valence-corrected chi connectivity index (χ4v) is 5.72. The monoisotopic (exact) mass is 463 g/mol. The van der Waals surface area contributed by atoms with Crippen LogP contribution in [-0.4, -0.2) is 80.1 Å². The zero-order valence-corrected chi connectivity index (χ0v) is 19.2. The van der Waals surface area contributed by atoms with E-state index in [1.807, 2.05) is 6.07 Å². The second kappa shape index (κ2) is 10.2. The molecule has 2 aliphatic rings. The number of anilines is 1. The molecule has 3 heterocycles.